The Bertz CT molecular complexity index is 392. The molecule has 0 bridgehead atoms. The molecule has 1 heterocycles. The number of amides is 1. The first kappa shape index (κ1) is 14.8. The summed E-state index contributed by atoms with van der Waals surface area (Å²) in [6.45, 7) is 2.59. The van der Waals surface area contributed by atoms with Gasteiger partial charge in [0.25, 0.3) is 5.91 Å². The van der Waals surface area contributed by atoms with Crippen LogP contribution in [0, 0.1) is 0 Å². The molecule has 1 aliphatic rings. The second-order valence-corrected chi connectivity index (χ2v) is 4.13. The molecule has 1 amide bonds. The van der Waals surface area contributed by atoms with Gasteiger partial charge in [0.15, 0.2) is 0 Å². The topological polar surface area (TPSA) is 55.6 Å². The van der Waals surface area contributed by atoms with Crippen molar-refractivity contribution in [3.8, 4) is 5.75 Å². The van der Waals surface area contributed by atoms with Crippen LogP contribution >= 0.6 is 12.4 Å². The number of benzene rings is 1. The molecule has 0 radical (unpaired) electrons. The summed E-state index contributed by atoms with van der Waals surface area (Å²) in [5.74, 6) is 0.699. The number of hydrogen-bond donors (Lipinski definition) is 1. The van der Waals surface area contributed by atoms with Crippen molar-refractivity contribution in [1.29, 1.82) is 0 Å². The van der Waals surface area contributed by atoms with Crippen LogP contribution in [0.3, 0.4) is 0 Å². The molecule has 0 saturated carbocycles. The largest absolute Gasteiger partial charge is 0.491 e. The van der Waals surface area contributed by atoms with E-state index in [-0.39, 0.29) is 18.3 Å². The third-order valence-corrected chi connectivity index (χ3v) is 2.89. The Balaban J connectivity index is 0.00000162. The SMILES string of the molecule is Cl.NCCOc1ccccc1C(=O)N1CCCC1. The number of carbonyl (C=O) groups is 1. The number of carbonyl (C=O) groups excluding carboxylic acids is 1. The summed E-state index contributed by atoms with van der Waals surface area (Å²) in [6, 6.07) is 7.36. The van der Waals surface area contributed by atoms with E-state index in [2.05, 4.69) is 0 Å². The molecule has 1 fully saturated rings. The van der Waals surface area contributed by atoms with Crippen molar-refractivity contribution in [3.63, 3.8) is 0 Å². The van der Waals surface area contributed by atoms with E-state index in [9.17, 15) is 4.79 Å². The third-order valence-electron chi connectivity index (χ3n) is 2.89. The van der Waals surface area contributed by atoms with Crippen LogP contribution in [0.2, 0.25) is 0 Å². The Morgan fingerprint density at radius 1 is 1.28 bits per heavy atom. The van der Waals surface area contributed by atoms with E-state index in [0.29, 0.717) is 24.5 Å². The first-order valence-electron chi connectivity index (χ1n) is 6.04. The van der Waals surface area contributed by atoms with E-state index in [0.717, 1.165) is 25.9 Å². The summed E-state index contributed by atoms with van der Waals surface area (Å²) < 4.78 is 5.49. The van der Waals surface area contributed by atoms with Crippen molar-refractivity contribution in [2.75, 3.05) is 26.2 Å². The molecule has 0 aliphatic carbocycles. The molecule has 1 aromatic rings. The second kappa shape index (κ2) is 7.24. The number of nitrogens with two attached hydrogens (primary N) is 1. The van der Waals surface area contributed by atoms with Crippen molar-refractivity contribution < 1.29 is 9.53 Å². The molecule has 18 heavy (non-hydrogen) atoms. The van der Waals surface area contributed by atoms with Crippen LogP contribution in [0.4, 0.5) is 0 Å². The molecule has 1 aliphatic heterocycles. The van der Waals surface area contributed by atoms with E-state index in [1.54, 1.807) is 0 Å². The van der Waals surface area contributed by atoms with Crippen LogP contribution in [-0.4, -0.2) is 37.0 Å². The third kappa shape index (κ3) is 3.37. The van der Waals surface area contributed by atoms with Gasteiger partial charge in [-0.3, -0.25) is 4.79 Å². The van der Waals surface area contributed by atoms with Crippen LogP contribution in [-0.2, 0) is 0 Å². The Morgan fingerprint density at radius 3 is 2.61 bits per heavy atom. The highest BCUT2D eigenvalue weighted by atomic mass is 35.5. The summed E-state index contributed by atoms with van der Waals surface area (Å²) in [7, 11) is 0. The Morgan fingerprint density at radius 2 is 1.94 bits per heavy atom. The molecule has 2 rings (SSSR count). The Labute approximate surface area is 114 Å². The van der Waals surface area contributed by atoms with Gasteiger partial charge in [0.1, 0.15) is 12.4 Å². The van der Waals surface area contributed by atoms with E-state index in [1.807, 2.05) is 29.2 Å². The summed E-state index contributed by atoms with van der Waals surface area (Å²) >= 11 is 0. The molecular weight excluding hydrogens is 252 g/mol. The summed E-state index contributed by atoms with van der Waals surface area (Å²) in [5.41, 5.74) is 6.05. The minimum atomic E-state index is 0. The zero-order valence-electron chi connectivity index (χ0n) is 10.3. The summed E-state index contributed by atoms with van der Waals surface area (Å²) in [5, 5.41) is 0. The minimum Gasteiger partial charge on any atom is -0.491 e. The molecular formula is C13H19ClN2O2. The predicted molar refractivity (Wildman–Crippen MR) is 73.4 cm³/mol. The first-order chi connectivity index (χ1) is 8.33. The first-order valence-corrected chi connectivity index (χ1v) is 6.04. The van der Waals surface area contributed by atoms with Crippen LogP contribution in [0.25, 0.3) is 0 Å². The van der Waals surface area contributed by atoms with Gasteiger partial charge in [0, 0.05) is 19.6 Å². The van der Waals surface area contributed by atoms with Crippen LogP contribution in [0.5, 0.6) is 5.75 Å². The molecule has 0 spiro atoms. The molecule has 100 valence electrons. The van der Waals surface area contributed by atoms with Crippen LogP contribution in [0.1, 0.15) is 23.2 Å². The highest BCUT2D eigenvalue weighted by Crippen LogP contribution is 2.21. The zero-order valence-corrected chi connectivity index (χ0v) is 11.1. The lowest BCUT2D eigenvalue weighted by atomic mass is 10.2. The molecule has 1 aromatic carbocycles. The maximum Gasteiger partial charge on any atom is 0.257 e. The van der Waals surface area contributed by atoms with Gasteiger partial charge in [-0.15, -0.1) is 12.4 Å². The molecule has 5 heteroatoms. The van der Waals surface area contributed by atoms with E-state index >= 15 is 0 Å². The average Bonchev–Trinajstić information content (AvgIpc) is 2.89. The average molecular weight is 271 g/mol. The molecule has 0 unspecified atom stereocenters. The van der Waals surface area contributed by atoms with Gasteiger partial charge in [-0.25, -0.2) is 0 Å². The number of likely N-dealkylation sites (tertiary alicyclic amines) is 1. The van der Waals surface area contributed by atoms with Crippen LogP contribution < -0.4 is 10.5 Å². The van der Waals surface area contributed by atoms with Crippen molar-refractivity contribution in [3.05, 3.63) is 29.8 Å². The van der Waals surface area contributed by atoms with Gasteiger partial charge in [-0.1, -0.05) is 12.1 Å². The lowest BCUT2D eigenvalue weighted by Gasteiger charge is -2.17. The summed E-state index contributed by atoms with van der Waals surface area (Å²) in [4.78, 5) is 14.1. The fraction of sp³-hybridized carbons (Fsp3) is 0.462. The standard InChI is InChI=1S/C13H18N2O2.ClH/c14-7-10-17-12-6-2-1-5-11(12)13(16)15-8-3-4-9-15;/h1-2,5-6H,3-4,7-10,14H2;1H. The van der Waals surface area contributed by atoms with Gasteiger partial charge in [-0.05, 0) is 25.0 Å². The fourth-order valence-electron chi connectivity index (χ4n) is 2.03. The highest BCUT2D eigenvalue weighted by Gasteiger charge is 2.21. The molecule has 0 aromatic heterocycles. The van der Waals surface area contributed by atoms with Crippen molar-refractivity contribution in [2.45, 2.75) is 12.8 Å². The Kier molecular flexibility index (Phi) is 5.95. The normalized spacial score (nSPS) is 14.2. The molecule has 1 saturated heterocycles. The minimum absolute atomic E-state index is 0. The maximum absolute atomic E-state index is 12.2. The fourth-order valence-corrected chi connectivity index (χ4v) is 2.03. The predicted octanol–water partition coefficient (Wildman–Crippen LogP) is 1.68. The molecule has 2 N–H and O–H groups in total. The smallest absolute Gasteiger partial charge is 0.257 e. The van der Waals surface area contributed by atoms with Gasteiger partial charge < -0.3 is 15.4 Å². The highest BCUT2D eigenvalue weighted by molar-refractivity contribution is 5.97. The zero-order chi connectivity index (χ0) is 12.1. The van der Waals surface area contributed by atoms with Gasteiger partial charge in [-0.2, -0.15) is 0 Å². The number of halogens is 1. The van der Waals surface area contributed by atoms with Gasteiger partial charge in [0.05, 0.1) is 5.56 Å². The van der Waals surface area contributed by atoms with E-state index < -0.39 is 0 Å². The number of ether oxygens (including phenoxy) is 1. The lowest BCUT2D eigenvalue weighted by Crippen LogP contribution is -2.28. The number of para-hydroxylation sites is 1. The number of hydrogen-bond acceptors (Lipinski definition) is 3. The maximum atomic E-state index is 12.2. The Hall–Kier alpha value is -1.26. The van der Waals surface area contributed by atoms with E-state index in [4.69, 9.17) is 10.5 Å². The summed E-state index contributed by atoms with van der Waals surface area (Å²) in [6.07, 6.45) is 2.19. The van der Waals surface area contributed by atoms with Crippen molar-refractivity contribution in [2.24, 2.45) is 5.73 Å². The lowest BCUT2D eigenvalue weighted by molar-refractivity contribution is 0.0788. The van der Waals surface area contributed by atoms with Gasteiger partial charge >= 0.3 is 0 Å². The molecule has 0 atom stereocenters. The van der Waals surface area contributed by atoms with Crippen molar-refractivity contribution in [1.82, 2.24) is 4.90 Å². The van der Waals surface area contributed by atoms with Crippen LogP contribution in [0.15, 0.2) is 24.3 Å². The molecule has 4 nitrogen and oxygen atoms in total. The van der Waals surface area contributed by atoms with Gasteiger partial charge in [0.2, 0.25) is 0 Å². The van der Waals surface area contributed by atoms with E-state index in [1.165, 1.54) is 0 Å². The quantitative estimate of drug-likeness (QED) is 0.906. The number of rotatable bonds is 4. The second-order valence-electron chi connectivity index (χ2n) is 4.13. The van der Waals surface area contributed by atoms with Crippen molar-refractivity contribution >= 4 is 18.3 Å². The number of nitrogens with zero attached hydrogens (tertiary/aromatic N) is 1. The monoisotopic (exact) mass is 270 g/mol.